The lowest BCUT2D eigenvalue weighted by Gasteiger charge is -2.10. The molecular weight excluding hydrogens is 436 g/mol. The Morgan fingerprint density at radius 2 is 1.44 bits per heavy atom. The number of hydrogen-bond donors (Lipinski definition) is 0. The van der Waals surface area contributed by atoms with Crippen LogP contribution in [0.5, 0.6) is 5.75 Å². The van der Waals surface area contributed by atoms with E-state index >= 15 is 0 Å². The van der Waals surface area contributed by atoms with Gasteiger partial charge in [-0.3, -0.25) is 4.99 Å². The number of ether oxygens (including phenoxy) is 1. The van der Waals surface area contributed by atoms with E-state index in [2.05, 4.69) is 81.4 Å². The predicted octanol–water partition coefficient (Wildman–Crippen LogP) is 7.49. The van der Waals surface area contributed by atoms with E-state index in [0.29, 0.717) is 0 Å². The Hall–Kier alpha value is -3.37. The van der Waals surface area contributed by atoms with Crippen LogP contribution in [-0.2, 0) is 0 Å². The fourth-order valence-electron chi connectivity index (χ4n) is 4.72. The van der Waals surface area contributed by atoms with E-state index in [1.807, 2.05) is 23.9 Å². The summed E-state index contributed by atoms with van der Waals surface area (Å²) in [4.78, 5) is 11.6. The standard InChI is InChI=1S/C30H28N2OS/c1-19-17-20(2)28(21(3)18-19)32-30-26-10-6-8-22-7-5-9-25(27(22)26)29(30)31-15-16-34-24-13-11-23(33-4)12-14-24/h5-14,17-18H,15-16H2,1-4H3. The van der Waals surface area contributed by atoms with Crippen LogP contribution >= 0.6 is 11.8 Å². The van der Waals surface area contributed by atoms with Gasteiger partial charge in [0.1, 0.15) is 5.75 Å². The van der Waals surface area contributed by atoms with Gasteiger partial charge in [0.2, 0.25) is 0 Å². The second kappa shape index (κ2) is 9.47. The molecule has 1 aliphatic carbocycles. The SMILES string of the molecule is COc1ccc(SCCN=C2C(=Nc3c(C)cc(C)cc3C)c3cccc4cccc2c34)cc1. The number of aliphatic imine (C=N–C) groups is 2. The molecule has 170 valence electrons. The van der Waals surface area contributed by atoms with Crippen LogP contribution in [0.4, 0.5) is 5.69 Å². The van der Waals surface area contributed by atoms with E-state index in [4.69, 9.17) is 14.7 Å². The molecule has 3 nitrogen and oxygen atoms in total. The van der Waals surface area contributed by atoms with Crippen molar-refractivity contribution >= 4 is 39.6 Å². The second-order valence-corrected chi connectivity index (χ2v) is 9.84. The van der Waals surface area contributed by atoms with Gasteiger partial charge in [-0.05, 0) is 61.5 Å². The first-order valence-corrected chi connectivity index (χ1v) is 12.5. The van der Waals surface area contributed by atoms with Crippen LogP contribution in [-0.4, -0.2) is 30.8 Å². The van der Waals surface area contributed by atoms with Crippen molar-refractivity contribution in [3.63, 3.8) is 0 Å². The monoisotopic (exact) mass is 464 g/mol. The predicted molar refractivity (Wildman–Crippen MR) is 146 cm³/mol. The van der Waals surface area contributed by atoms with Crippen LogP contribution in [0, 0.1) is 20.8 Å². The van der Waals surface area contributed by atoms with Gasteiger partial charge in [0.25, 0.3) is 0 Å². The van der Waals surface area contributed by atoms with E-state index in [1.165, 1.54) is 43.5 Å². The van der Waals surface area contributed by atoms with Gasteiger partial charge in [0, 0.05) is 33.7 Å². The summed E-state index contributed by atoms with van der Waals surface area (Å²) < 4.78 is 5.26. The number of nitrogens with zero attached hydrogens (tertiary/aromatic N) is 2. The van der Waals surface area contributed by atoms with Crippen LogP contribution in [0.25, 0.3) is 10.8 Å². The molecule has 1 aliphatic rings. The molecule has 0 radical (unpaired) electrons. The highest BCUT2D eigenvalue weighted by Gasteiger charge is 2.27. The first-order chi connectivity index (χ1) is 16.5. The van der Waals surface area contributed by atoms with Gasteiger partial charge >= 0.3 is 0 Å². The van der Waals surface area contributed by atoms with E-state index in [-0.39, 0.29) is 0 Å². The first-order valence-electron chi connectivity index (χ1n) is 11.6. The molecule has 0 spiro atoms. The second-order valence-electron chi connectivity index (χ2n) is 8.67. The third-order valence-corrected chi connectivity index (χ3v) is 7.18. The molecule has 0 atom stereocenters. The highest BCUT2D eigenvalue weighted by atomic mass is 32.2. The maximum atomic E-state index is 5.26. The van der Waals surface area contributed by atoms with Crippen LogP contribution < -0.4 is 4.74 Å². The molecule has 0 unspecified atom stereocenters. The number of benzene rings is 4. The van der Waals surface area contributed by atoms with Gasteiger partial charge in [0.15, 0.2) is 0 Å². The first kappa shape index (κ1) is 22.4. The Bertz CT molecular complexity index is 1410. The van der Waals surface area contributed by atoms with E-state index in [0.717, 1.165) is 35.2 Å². The van der Waals surface area contributed by atoms with Crippen molar-refractivity contribution in [2.24, 2.45) is 9.98 Å². The lowest BCUT2D eigenvalue weighted by molar-refractivity contribution is 0.414. The smallest absolute Gasteiger partial charge is 0.118 e. The lowest BCUT2D eigenvalue weighted by Crippen LogP contribution is -2.12. The average Bonchev–Trinajstić information content (AvgIpc) is 3.14. The number of rotatable bonds is 6. The highest BCUT2D eigenvalue weighted by molar-refractivity contribution is 7.99. The molecule has 4 heteroatoms. The van der Waals surface area contributed by atoms with Crippen LogP contribution in [0.15, 0.2) is 87.7 Å². The van der Waals surface area contributed by atoms with Crippen molar-refractivity contribution in [3.8, 4) is 5.75 Å². The third-order valence-electron chi connectivity index (χ3n) is 6.19. The van der Waals surface area contributed by atoms with Gasteiger partial charge < -0.3 is 4.74 Å². The summed E-state index contributed by atoms with van der Waals surface area (Å²) in [6, 6.07) is 25.5. The van der Waals surface area contributed by atoms with Gasteiger partial charge in [-0.25, -0.2) is 4.99 Å². The summed E-state index contributed by atoms with van der Waals surface area (Å²) in [5, 5.41) is 2.49. The van der Waals surface area contributed by atoms with Crippen molar-refractivity contribution in [3.05, 3.63) is 101 Å². The fourth-order valence-corrected chi connectivity index (χ4v) is 5.46. The summed E-state index contributed by atoms with van der Waals surface area (Å²) in [5.74, 6) is 1.78. The summed E-state index contributed by atoms with van der Waals surface area (Å²) in [7, 11) is 1.69. The maximum Gasteiger partial charge on any atom is 0.118 e. The quantitative estimate of drug-likeness (QED) is 0.219. The summed E-state index contributed by atoms with van der Waals surface area (Å²) >= 11 is 1.81. The Morgan fingerprint density at radius 3 is 2.09 bits per heavy atom. The molecule has 5 rings (SSSR count). The molecular formula is C30H28N2OS. The number of aryl methyl sites for hydroxylation is 3. The van der Waals surface area contributed by atoms with E-state index in [9.17, 15) is 0 Å². The average molecular weight is 465 g/mol. The van der Waals surface area contributed by atoms with Crippen molar-refractivity contribution in [2.75, 3.05) is 19.4 Å². The molecule has 0 saturated heterocycles. The fraction of sp³-hybridized carbons (Fsp3) is 0.200. The zero-order chi connectivity index (χ0) is 23.7. The largest absolute Gasteiger partial charge is 0.497 e. The van der Waals surface area contributed by atoms with Crippen LogP contribution in [0.3, 0.4) is 0 Å². The summed E-state index contributed by atoms with van der Waals surface area (Å²) in [6.07, 6.45) is 0. The van der Waals surface area contributed by atoms with E-state index < -0.39 is 0 Å². The minimum Gasteiger partial charge on any atom is -0.497 e. The molecule has 0 saturated carbocycles. The summed E-state index contributed by atoms with van der Waals surface area (Å²) in [6.45, 7) is 7.15. The zero-order valence-electron chi connectivity index (χ0n) is 20.1. The Morgan fingerprint density at radius 1 is 0.794 bits per heavy atom. The molecule has 4 aromatic rings. The lowest BCUT2D eigenvalue weighted by atomic mass is 10.0. The number of methoxy groups -OCH3 is 1. The minimum atomic E-state index is 0.723. The Kier molecular flexibility index (Phi) is 6.25. The third kappa shape index (κ3) is 4.26. The highest BCUT2D eigenvalue weighted by Crippen LogP contribution is 2.35. The van der Waals surface area contributed by atoms with Crippen molar-refractivity contribution in [2.45, 2.75) is 25.7 Å². The zero-order valence-corrected chi connectivity index (χ0v) is 20.9. The molecule has 4 aromatic carbocycles. The number of hydrogen-bond acceptors (Lipinski definition) is 4. The van der Waals surface area contributed by atoms with E-state index in [1.54, 1.807) is 7.11 Å². The van der Waals surface area contributed by atoms with Crippen molar-refractivity contribution in [1.82, 2.24) is 0 Å². The molecule has 0 fully saturated rings. The van der Waals surface area contributed by atoms with Crippen molar-refractivity contribution in [1.29, 1.82) is 0 Å². The Balaban J connectivity index is 1.51. The molecule has 34 heavy (non-hydrogen) atoms. The molecule has 0 heterocycles. The number of thioether (sulfide) groups is 1. The molecule has 0 aliphatic heterocycles. The topological polar surface area (TPSA) is 34.0 Å². The van der Waals surface area contributed by atoms with Gasteiger partial charge in [-0.1, -0.05) is 54.1 Å². The molecule has 0 bridgehead atoms. The molecule has 0 N–H and O–H groups in total. The van der Waals surface area contributed by atoms with Gasteiger partial charge in [-0.2, -0.15) is 0 Å². The maximum absolute atomic E-state index is 5.26. The molecule has 0 amide bonds. The molecule has 0 aromatic heterocycles. The summed E-state index contributed by atoms with van der Waals surface area (Å²) in [5.41, 5.74) is 9.05. The normalized spacial score (nSPS) is 14.9. The van der Waals surface area contributed by atoms with Gasteiger partial charge in [-0.15, -0.1) is 11.8 Å². The Labute approximate surface area is 205 Å². The van der Waals surface area contributed by atoms with Crippen LogP contribution in [0.2, 0.25) is 0 Å². The van der Waals surface area contributed by atoms with Crippen LogP contribution in [0.1, 0.15) is 27.8 Å². The van der Waals surface area contributed by atoms with Gasteiger partial charge in [0.05, 0.1) is 24.2 Å². The minimum absolute atomic E-state index is 0.723. The van der Waals surface area contributed by atoms with Crippen molar-refractivity contribution < 1.29 is 4.74 Å².